The van der Waals surface area contributed by atoms with Crippen molar-refractivity contribution in [3.8, 4) is 0 Å². The van der Waals surface area contributed by atoms with Crippen LogP contribution in [0.2, 0.25) is 0 Å². The summed E-state index contributed by atoms with van der Waals surface area (Å²) in [4.78, 5) is 4.06. The molecule has 5 heteroatoms. The number of nitrogens with two attached hydrogens (primary N) is 2. The standard InChI is InChI=1S/C11H19N3O2/c1-15-5-3-8-9(4-6-16-2)11(13)14-7-10(8)12/h7H,3-6,12H2,1-2H3,(H2,13,14). The van der Waals surface area contributed by atoms with E-state index in [-0.39, 0.29) is 0 Å². The quantitative estimate of drug-likeness (QED) is 0.741. The summed E-state index contributed by atoms with van der Waals surface area (Å²) in [6.07, 6.45) is 3.06. The van der Waals surface area contributed by atoms with Crippen molar-refractivity contribution in [1.29, 1.82) is 0 Å². The molecule has 0 aromatic carbocycles. The zero-order valence-corrected chi connectivity index (χ0v) is 9.82. The van der Waals surface area contributed by atoms with Crippen molar-refractivity contribution in [2.24, 2.45) is 0 Å². The number of methoxy groups -OCH3 is 2. The van der Waals surface area contributed by atoms with Crippen molar-refractivity contribution in [3.05, 3.63) is 17.3 Å². The lowest BCUT2D eigenvalue weighted by Crippen LogP contribution is -2.10. The van der Waals surface area contributed by atoms with Crippen LogP contribution in [0.3, 0.4) is 0 Å². The Hall–Kier alpha value is -1.33. The van der Waals surface area contributed by atoms with Crippen LogP contribution in [0.5, 0.6) is 0 Å². The Bertz CT molecular complexity index is 309. The Balaban J connectivity index is 2.94. The van der Waals surface area contributed by atoms with Crippen LogP contribution < -0.4 is 11.5 Å². The molecular formula is C11H19N3O2. The fourth-order valence-corrected chi connectivity index (χ4v) is 1.61. The second-order valence-corrected chi connectivity index (χ2v) is 3.54. The third-order valence-corrected chi connectivity index (χ3v) is 2.48. The van der Waals surface area contributed by atoms with Gasteiger partial charge in [0.05, 0.1) is 25.1 Å². The fourth-order valence-electron chi connectivity index (χ4n) is 1.61. The zero-order valence-electron chi connectivity index (χ0n) is 9.82. The Kier molecular flexibility index (Phi) is 5.01. The lowest BCUT2D eigenvalue weighted by Gasteiger charge is -2.13. The van der Waals surface area contributed by atoms with E-state index in [4.69, 9.17) is 20.9 Å². The van der Waals surface area contributed by atoms with Gasteiger partial charge in [-0.3, -0.25) is 0 Å². The molecule has 5 nitrogen and oxygen atoms in total. The molecule has 4 N–H and O–H groups in total. The van der Waals surface area contributed by atoms with Gasteiger partial charge in [0.1, 0.15) is 5.82 Å². The Morgan fingerprint density at radius 1 is 1.06 bits per heavy atom. The Morgan fingerprint density at radius 3 is 2.19 bits per heavy atom. The molecule has 0 bridgehead atoms. The molecule has 16 heavy (non-hydrogen) atoms. The molecule has 0 atom stereocenters. The fraction of sp³-hybridized carbons (Fsp3) is 0.545. The highest BCUT2D eigenvalue weighted by Crippen LogP contribution is 2.22. The molecule has 0 unspecified atom stereocenters. The normalized spacial score (nSPS) is 10.6. The molecule has 0 saturated heterocycles. The van der Waals surface area contributed by atoms with Crippen molar-refractivity contribution in [2.45, 2.75) is 12.8 Å². The topological polar surface area (TPSA) is 83.4 Å². The van der Waals surface area contributed by atoms with E-state index in [9.17, 15) is 0 Å². The maximum absolute atomic E-state index is 5.89. The number of pyridine rings is 1. The van der Waals surface area contributed by atoms with E-state index in [0.717, 1.165) is 24.0 Å². The lowest BCUT2D eigenvalue weighted by atomic mass is 10.0. The van der Waals surface area contributed by atoms with Crippen LogP contribution in [0.4, 0.5) is 11.5 Å². The van der Waals surface area contributed by atoms with Gasteiger partial charge in [0.25, 0.3) is 0 Å². The first-order chi connectivity index (χ1) is 7.70. The van der Waals surface area contributed by atoms with Crippen LogP contribution in [0.1, 0.15) is 11.1 Å². The van der Waals surface area contributed by atoms with Gasteiger partial charge in [0.15, 0.2) is 0 Å². The highest BCUT2D eigenvalue weighted by molar-refractivity contribution is 5.57. The zero-order chi connectivity index (χ0) is 12.0. The Labute approximate surface area is 95.7 Å². The van der Waals surface area contributed by atoms with E-state index >= 15 is 0 Å². The minimum absolute atomic E-state index is 0.525. The van der Waals surface area contributed by atoms with Gasteiger partial charge in [-0.05, 0) is 18.4 Å². The predicted octanol–water partition coefficient (Wildman–Crippen LogP) is 0.624. The number of ether oxygens (including phenoxy) is 2. The number of hydrogen-bond donors (Lipinski definition) is 2. The van der Waals surface area contributed by atoms with Gasteiger partial charge in [-0.2, -0.15) is 0 Å². The highest BCUT2D eigenvalue weighted by Gasteiger charge is 2.11. The molecule has 1 aromatic rings. The minimum atomic E-state index is 0.525. The van der Waals surface area contributed by atoms with Crippen molar-refractivity contribution in [2.75, 3.05) is 38.9 Å². The number of rotatable bonds is 6. The van der Waals surface area contributed by atoms with E-state index < -0.39 is 0 Å². The molecule has 0 fully saturated rings. The highest BCUT2D eigenvalue weighted by atomic mass is 16.5. The van der Waals surface area contributed by atoms with Crippen molar-refractivity contribution >= 4 is 11.5 Å². The van der Waals surface area contributed by atoms with Crippen molar-refractivity contribution in [1.82, 2.24) is 4.98 Å². The van der Waals surface area contributed by atoms with Crippen LogP contribution in [-0.2, 0) is 22.3 Å². The third-order valence-electron chi connectivity index (χ3n) is 2.48. The van der Waals surface area contributed by atoms with Crippen LogP contribution in [0, 0.1) is 0 Å². The summed E-state index contributed by atoms with van der Waals surface area (Å²) < 4.78 is 10.1. The molecular weight excluding hydrogens is 206 g/mol. The van der Waals surface area contributed by atoms with Crippen LogP contribution >= 0.6 is 0 Å². The second kappa shape index (κ2) is 6.30. The first kappa shape index (κ1) is 12.7. The molecule has 0 aliphatic rings. The maximum atomic E-state index is 5.89. The number of anilines is 2. The van der Waals surface area contributed by atoms with Crippen LogP contribution in [0.15, 0.2) is 6.20 Å². The molecule has 1 aromatic heterocycles. The van der Waals surface area contributed by atoms with Gasteiger partial charge in [0.2, 0.25) is 0 Å². The molecule has 0 aliphatic heterocycles. The average Bonchev–Trinajstić information content (AvgIpc) is 2.29. The number of hydrogen-bond acceptors (Lipinski definition) is 5. The van der Waals surface area contributed by atoms with Crippen LogP contribution in [-0.4, -0.2) is 32.4 Å². The summed E-state index contributed by atoms with van der Waals surface area (Å²) >= 11 is 0. The van der Waals surface area contributed by atoms with Gasteiger partial charge < -0.3 is 20.9 Å². The number of nitrogen functional groups attached to an aromatic ring is 2. The molecule has 0 spiro atoms. The van der Waals surface area contributed by atoms with Crippen LogP contribution in [0.25, 0.3) is 0 Å². The van der Waals surface area contributed by atoms with Crippen molar-refractivity contribution in [3.63, 3.8) is 0 Å². The van der Waals surface area contributed by atoms with Crippen molar-refractivity contribution < 1.29 is 9.47 Å². The third kappa shape index (κ3) is 3.08. The van der Waals surface area contributed by atoms with Gasteiger partial charge in [-0.1, -0.05) is 0 Å². The van der Waals surface area contributed by atoms with Gasteiger partial charge in [0, 0.05) is 19.8 Å². The van der Waals surface area contributed by atoms with E-state index in [2.05, 4.69) is 4.98 Å². The molecule has 90 valence electrons. The summed E-state index contributed by atoms with van der Waals surface area (Å²) in [6.45, 7) is 1.23. The molecule has 0 radical (unpaired) electrons. The largest absolute Gasteiger partial charge is 0.397 e. The van der Waals surface area contributed by atoms with E-state index in [1.54, 1.807) is 20.4 Å². The Morgan fingerprint density at radius 2 is 1.62 bits per heavy atom. The molecule has 1 rings (SSSR count). The summed E-state index contributed by atoms with van der Waals surface area (Å²) in [6, 6.07) is 0. The first-order valence-corrected chi connectivity index (χ1v) is 5.20. The smallest absolute Gasteiger partial charge is 0.127 e. The summed E-state index contributed by atoms with van der Waals surface area (Å²) in [5.41, 5.74) is 14.4. The SMILES string of the molecule is COCCc1c(N)cnc(N)c1CCOC. The molecule has 0 amide bonds. The second-order valence-electron chi connectivity index (χ2n) is 3.54. The maximum Gasteiger partial charge on any atom is 0.127 e. The van der Waals surface area contributed by atoms with E-state index in [1.807, 2.05) is 0 Å². The summed E-state index contributed by atoms with van der Waals surface area (Å²) in [5, 5.41) is 0. The minimum Gasteiger partial charge on any atom is -0.397 e. The predicted molar refractivity (Wildman–Crippen MR) is 64.2 cm³/mol. The van der Waals surface area contributed by atoms with E-state index in [0.29, 0.717) is 24.7 Å². The average molecular weight is 225 g/mol. The summed E-state index contributed by atoms with van der Waals surface area (Å²) in [5.74, 6) is 0.525. The molecule has 1 heterocycles. The monoisotopic (exact) mass is 225 g/mol. The lowest BCUT2D eigenvalue weighted by molar-refractivity contribution is 0.198. The summed E-state index contributed by atoms with van der Waals surface area (Å²) in [7, 11) is 3.32. The molecule has 0 saturated carbocycles. The number of nitrogens with zero attached hydrogens (tertiary/aromatic N) is 1. The van der Waals surface area contributed by atoms with Gasteiger partial charge >= 0.3 is 0 Å². The van der Waals surface area contributed by atoms with E-state index in [1.165, 1.54) is 0 Å². The number of aromatic nitrogens is 1. The molecule has 0 aliphatic carbocycles. The first-order valence-electron chi connectivity index (χ1n) is 5.20. The van der Waals surface area contributed by atoms with Gasteiger partial charge in [-0.15, -0.1) is 0 Å². The van der Waals surface area contributed by atoms with Gasteiger partial charge in [-0.25, -0.2) is 4.98 Å².